The van der Waals surface area contributed by atoms with Crippen molar-refractivity contribution in [1.82, 2.24) is 20.0 Å². The fourth-order valence-corrected chi connectivity index (χ4v) is 1.69. The van der Waals surface area contributed by atoms with Gasteiger partial charge >= 0.3 is 0 Å². The number of amides is 2. The Morgan fingerprint density at radius 2 is 2.25 bits per heavy atom. The Labute approximate surface area is 117 Å². The summed E-state index contributed by atoms with van der Waals surface area (Å²) in [6, 6.07) is 0. The summed E-state index contributed by atoms with van der Waals surface area (Å²) in [6.07, 6.45) is 1.43. The first kappa shape index (κ1) is 16.0. The van der Waals surface area contributed by atoms with Crippen LogP contribution in [0.1, 0.15) is 17.4 Å². The number of carbonyl (C=O) groups excluding carboxylic acids is 2. The molecule has 0 radical (unpaired) electrons. The zero-order valence-electron chi connectivity index (χ0n) is 12.0. The molecule has 2 amide bonds. The number of hydrogen-bond acceptors (Lipinski definition) is 5. The first-order valence-electron chi connectivity index (χ1n) is 6.33. The van der Waals surface area contributed by atoms with Crippen LogP contribution in [0.25, 0.3) is 0 Å². The molecule has 112 valence electrons. The van der Waals surface area contributed by atoms with Crippen molar-refractivity contribution in [3.8, 4) is 0 Å². The van der Waals surface area contributed by atoms with E-state index in [1.165, 1.54) is 15.8 Å². The van der Waals surface area contributed by atoms with Crippen molar-refractivity contribution >= 4 is 17.5 Å². The molecule has 1 aromatic heterocycles. The van der Waals surface area contributed by atoms with Gasteiger partial charge in [-0.2, -0.15) is 5.10 Å². The smallest absolute Gasteiger partial charge is 0.274 e. The second-order valence-corrected chi connectivity index (χ2v) is 4.27. The van der Waals surface area contributed by atoms with Crippen molar-refractivity contribution in [2.75, 3.05) is 39.6 Å². The number of aromatic nitrogens is 2. The molecule has 3 N–H and O–H groups in total. The van der Waals surface area contributed by atoms with Gasteiger partial charge in [-0.15, -0.1) is 0 Å². The number of ether oxygens (including phenoxy) is 1. The number of nitrogens with zero attached hydrogens (tertiary/aromatic N) is 3. The molecule has 20 heavy (non-hydrogen) atoms. The van der Waals surface area contributed by atoms with E-state index in [2.05, 4.69) is 10.4 Å². The molecule has 0 fully saturated rings. The van der Waals surface area contributed by atoms with Crippen LogP contribution < -0.4 is 11.1 Å². The van der Waals surface area contributed by atoms with Crippen LogP contribution in [0.5, 0.6) is 0 Å². The Bertz CT molecular complexity index is 472. The van der Waals surface area contributed by atoms with Crippen molar-refractivity contribution in [3.63, 3.8) is 0 Å². The minimum Gasteiger partial charge on any atom is -0.396 e. The zero-order valence-corrected chi connectivity index (χ0v) is 12.0. The predicted molar refractivity (Wildman–Crippen MR) is 74.2 cm³/mol. The minimum absolute atomic E-state index is 0.0448. The minimum atomic E-state index is -0.330. The maximum Gasteiger partial charge on any atom is 0.274 e. The first-order chi connectivity index (χ1) is 9.51. The van der Waals surface area contributed by atoms with Gasteiger partial charge in [0.2, 0.25) is 5.91 Å². The molecular weight excluding hydrogens is 262 g/mol. The third kappa shape index (κ3) is 3.95. The topological polar surface area (TPSA) is 102 Å². The number of hydrogen-bond donors (Lipinski definition) is 2. The summed E-state index contributed by atoms with van der Waals surface area (Å²) in [7, 11) is 3.10. The summed E-state index contributed by atoms with van der Waals surface area (Å²) in [5.74, 6) is -0.581. The normalized spacial score (nSPS) is 10.3. The van der Waals surface area contributed by atoms with Gasteiger partial charge in [-0.05, 0) is 6.92 Å². The van der Waals surface area contributed by atoms with Gasteiger partial charge in [-0.1, -0.05) is 0 Å². The number of rotatable bonds is 7. The lowest BCUT2D eigenvalue weighted by Crippen LogP contribution is -2.40. The Morgan fingerprint density at radius 1 is 1.55 bits per heavy atom. The van der Waals surface area contributed by atoms with Gasteiger partial charge in [0.05, 0.1) is 25.0 Å². The largest absolute Gasteiger partial charge is 0.396 e. The molecule has 1 rings (SSSR count). The second kappa shape index (κ2) is 7.49. The van der Waals surface area contributed by atoms with E-state index in [-0.39, 0.29) is 18.4 Å². The molecule has 0 aliphatic rings. The quantitative estimate of drug-likeness (QED) is 0.645. The second-order valence-electron chi connectivity index (χ2n) is 4.27. The summed E-state index contributed by atoms with van der Waals surface area (Å²) in [6.45, 7) is 3.19. The Hall–Kier alpha value is -2.09. The average molecular weight is 283 g/mol. The average Bonchev–Trinajstić information content (AvgIpc) is 2.79. The molecule has 0 saturated carbocycles. The van der Waals surface area contributed by atoms with Gasteiger partial charge in [0.1, 0.15) is 5.69 Å². The van der Waals surface area contributed by atoms with Gasteiger partial charge in [-0.3, -0.25) is 14.3 Å². The molecule has 0 unspecified atom stereocenters. The van der Waals surface area contributed by atoms with Crippen molar-refractivity contribution in [2.24, 2.45) is 0 Å². The van der Waals surface area contributed by atoms with Crippen LogP contribution in [0.3, 0.4) is 0 Å². The van der Waals surface area contributed by atoms with Crippen LogP contribution in [0.2, 0.25) is 0 Å². The molecule has 0 aliphatic carbocycles. The summed E-state index contributed by atoms with van der Waals surface area (Å²) < 4.78 is 6.34. The number of methoxy groups -OCH3 is 1. The highest BCUT2D eigenvalue weighted by Gasteiger charge is 2.21. The third-order valence-electron chi connectivity index (χ3n) is 2.73. The third-order valence-corrected chi connectivity index (χ3v) is 2.73. The molecule has 0 bridgehead atoms. The molecular formula is C12H21N5O3. The van der Waals surface area contributed by atoms with E-state index >= 15 is 0 Å². The highest BCUT2D eigenvalue weighted by Crippen LogP contribution is 2.12. The van der Waals surface area contributed by atoms with Crippen LogP contribution in [-0.4, -0.2) is 60.3 Å². The van der Waals surface area contributed by atoms with Crippen molar-refractivity contribution in [3.05, 3.63) is 11.9 Å². The van der Waals surface area contributed by atoms with Gasteiger partial charge < -0.3 is 20.7 Å². The highest BCUT2D eigenvalue weighted by molar-refractivity contribution is 5.98. The molecule has 0 spiro atoms. The van der Waals surface area contributed by atoms with Crippen LogP contribution in [-0.2, 0) is 16.1 Å². The molecule has 0 saturated heterocycles. The van der Waals surface area contributed by atoms with E-state index in [1.54, 1.807) is 14.2 Å². The van der Waals surface area contributed by atoms with Crippen LogP contribution in [0.4, 0.5) is 5.69 Å². The highest BCUT2D eigenvalue weighted by atomic mass is 16.5. The van der Waals surface area contributed by atoms with Crippen molar-refractivity contribution in [1.29, 1.82) is 0 Å². The summed E-state index contributed by atoms with van der Waals surface area (Å²) in [4.78, 5) is 25.2. The molecule has 8 heteroatoms. The summed E-state index contributed by atoms with van der Waals surface area (Å²) in [5.41, 5.74) is 6.35. The predicted octanol–water partition coefficient (Wildman–Crippen LogP) is -0.680. The zero-order chi connectivity index (χ0) is 15.1. The van der Waals surface area contributed by atoms with Crippen LogP contribution in [0, 0.1) is 0 Å². The van der Waals surface area contributed by atoms with E-state index in [4.69, 9.17) is 10.5 Å². The van der Waals surface area contributed by atoms with Gasteiger partial charge in [-0.25, -0.2) is 0 Å². The number of anilines is 1. The lowest BCUT2D eigenvalue weighted by atomic mass is 10.3. The number of nitrogen functional groups attached to an aromatic ring is 1. The number of nitrogens with one attached hydrogen (secondary N) is 1. The first-order valence-corrected chi connectivity index (χ1v) is 6.33. The molecule has 0 aliphatic heterocycles. The molecule has 1 heterocycles. The monoisotopic (exact) mass is 283 g/mol. The van der Waals surface area contributed by atoms with E-state index in [0.717, 1.165) is 0 Å². The molecule has 0 aromatic carbocycles. The van der Waals surface area contributed by atoms with E-state index in [1.807, 2.05) is 6.92 Å². The number of likely N-dealkylation sites (N-methyl/N-ethyl adjacent to an activating group) is 1. The summed E-state index contributed by atoms with van der Waals surface area (Å²) >= 11 is 0. The molecule has 0 atom stereocenters. The SMILES string of the molecule is CCn1ncc(N)c1C(=O)N(C)CC(=O)NCCOC. The Morgan fingerprint density at radius 3 is 2.85 bits per heavy atom. The fourth-order valence-electron chi connectivity index (χ4n) is 1.69. The summed E-state index contributed by atoms with van der Waals surface area (Å²) in [5, 5.41) is 6.65. The van der Waals surface area contributed by atoms with E-state index < -0.39 is 0 Å². The van der Waals surface area contributed by atoms with E-state index in [0.29, 0.717) is 31.1 Å². The van der Waals surface area contributed by atoms with Crippen molar-refractivity contribution in [2.45, 2.75) is 13.5 Å². The standard InChI is InChI=1S/C12H21N5O3/c1-4-17-11(9(13)7-15-17)12(19)16(2)8-10(18)14-5-6-20-3/h7H,4-6,8,13H2,1-3H3,(H,14,18). The number of aryl methyl sites for hydroxylation is 1. The molecule has 8 nitrogen and oxygen atoms in total. The van der Waals surface area contributed by atoms with Gasteiger partial charge in [0.25, 0.3) is 5.91 Å². The lowest BCUT2D eigenvalue weighted by Gasteiger charge is -2.17. The number of nitrogens with two attached hydrogens (primary N) is 1. The molecule has 1 aromatic rings. The Balaban J connectivity index is 2.62. The van der Waals surface area contributed by atoms with Crippen LogP contribution in [0.15, 0.2) is 6.20 Å². The number of carbonyl (C=O) groups is 2. The maximum absolute atomic E-state index is 12.3. The Kier molecular flexibility index (Phi) is 5.98. The maximum atomic E-state index is 12.3. The fraction of sp³-hybridized carbons (Fsp3) is 0.583. The van der Waals surface area contributed by atoms with Gasteiger partial charge in [0.15, 0.2) is 0 Å². The van der Waals surface area contributed by atoms with Gasteiger partial charge in [0, 0.05) is 27.2 Å². The lowest BCUT2D eigenvalue weighted by molar-refractivity contribution is -0.121. The van der Waals surface area contributed by atoms with Crippen LogP contribution >= 0.6 is 0 Å². The van der Waals surface area contributed by atoms with Crippen molar-refractivity contribution < 1.29 is 14.3 Å². The van der Waals surface area contributed by atoms with E-state index in [9.17, 15) is 9.59 Å².